The third-order valence-electron chi connectivity index (χ3n) is 5.00. The molecule has 1 aliphatic rings. The summed E-state index contributed by atoms with van der Waals surface area (Å²) in [6.45, 7) is 1.46. The highest BCUT2D eigenvalue weighted by Crippen LogP contribution is 2.44. The van der Waals surface area contributed by atoms with E-state index in [0.717, 1.165) is 35.5 Å². The Morgan fingerprint density at radius 1 is 1.00 bits per heavy atom. The Balaban J connectivity index is 1.23. The third-order valence-corrected chi connectivity index (χ3v) is 6.00. The average molecular weight is 423 g/mol. The lowest BCUT2D eigenvalue weighted by atomic mass is 9.73. The van der Waals surface area contributed by atoms with Gasteiger partial charge in [-0.3, -0.25) is 9.59 Å². The normalized spacial score (nSPS) is 17.8. The van der Waals surface area contributed by atoms with E-state index in [4.69, 9.17) is 0 Å². The van der Waals surface area contributed by atoms with Gasteiger partial charge in [0.25, 0.3) is 0 Å². The molecule has 0 atom stereocenters. The molecule has 0 saturated heterocycles. The van der Waals surface area contributed by atoms with Crippen molar-refractivity contribution < 1.29 is 9.59 Å². The fourth-order valence-corrected chi connectivity index (χ4v) is 4.42. The number of nitrogens with zero attached hydrogens (tertiary/aromatic N) is 4. The van der Waals surface area contributed by atoms with Gasteiger partial charge in [0.15, 0.2) is 5.82 Å². The number of carbonyl (C=O) groups is 2. The summed E-state index contributed by atoms with van der Waals surface area (Å²) in [5, 5.41) is 23.6. The van der Waals surface area contributed by atoms with E-state index in [-0.39, 0.29) is 11.8 Å². The highest BCUT2D eigenvalue weighted by molar-refractivity contribution is 7.15. The summed E-state index contributed by atoms with van der Waals surface area (Å²) < 4.78 is 0. The minimum Gasteiger partial charge on any atom is -0.309 e. The van der Waals surface area contributed by atoms with Crippen LogP contribution < -0.4 is 10.6 Å². The van der Waals surface area contributed by atoms with Crippen molar-refractivity contribution in [3.05, 3.63) is 58.7 Å². The highest BCUT2D eigenvalue weighted by Gasteiger charge is 2.33. The summed E-state index contributed by atoms with van der Waals surface area (Å²) in [4.78, 5) is 23.2. The molecule has 8 nitrogen and oxygen atoms in total. The van der Waals surface area contributed by atoms with Crippen molar-refractivity contribution in [2.75, 3.05) is 10.6 Å². The first-order valence-corrected chi connectivity index (χ1v) is 10.6. The van der Waals surface area contributed by atoms with E-state index in [1.165, 1.54) is 18.3 Å². The Morgan fingerprint density at radius 2 is 1.80 bits per heavy atom. The summed E-state index contributed by atoms with van der Waals surface area (Å²) in [7, 11) is 0. The lowest BCUT2D eigenvalue weighted by Crippen LogP contribution is -2.24. The van der Waals surface area contributed by atoms with Crippen molar-refractivity contribution in [1.82, 2.24) is 20.4 Å². The van der Waals surface area contributed by atoms with Crippen LogP contribution in [0.5, 0.6) is 0 Å². The van der Waals surface area contributed by atoms with Gasteiger partial charge in [-0.05, 0) is 42.9 Å². The van der Waals surface area contributed by atoms with Gasteiger partial charge in [0.1, 0.15) is 5.01 Å². The molecule has 9 heteroatoms. The van der Waals surface area contributed by atoms with Gasteiger partial charge < -0.3 is 10.6 Å². The standard InChI is InChI=1S/C21H22N6O2S/c1-13(28)22-21-27-26-20(30-21)16-9-15(10-16)11-17-7-8-18(25-24-17)23-19(29)12-14-5-3-2-4-6-14/h2-8,15-16H,9-12H2,1H3,(H,22,27,28)(H,23,25,29)/t15-,16+. The van der Waals surface area contributed by atoms with Gasteiger partial charge in [-0.15, -0.1) is 15.3 Å². The zero-order chi connectivity index (χ0) is 20.9. The van der Waals surface area contributed by atoms with Gasteiger partial charge in [-0.1, -0.05) is 41.7 Å². The zero-order valence-electron chi connectivity index (χ0n) is 16.5. The Morgan fingerprint density at radius 3 is 2.50 bits per heavy atom. The molecule has 3 aromatic rings. The van der Waals surface area contributed by atoms with Crippen LogP contribution in [-0.2, 0) is 22.4 Å². The van der Waals surface area contributed by atoms with E-state index in [9.17, 15) is 9.59 Å². The maximum Gasteiger partial charge on any atom is 0.229 e. The minimum absolute atomic E-state index is 0.110. The molecule has 1 aliphatic carbocycles. The summed E-state index contributed by atoms with van der Waals surface area (Å²) in [6.07, 6.45) is 3.19. The first kappa shape index (κ1) is 20.1. The quantitative estimate of drug-likeness (QED) is 0.605. The number of hydrogen-bond acceptors (Lipinski definition) is 7. The van der Waals surface area contributed by atoms with Crippen molar-refractivity contribution in [2.45, 2.75) is 38.5 Å². The predicted molar refractivity (Wildman–Crippen MR) is 114 cm³/mol. The molecule has 0 aliphatic heterocycles. The molecule has 0 spiro atoms. The van der Waals surface area contributed by atoms with Crippen molar-refractivity contribution in [3.63, 3.8) is 0 Å². The Bertz CT molecular complexity index is 1020. The molecule has 1 fully saturated rings. The van der Waals surface area contributed by atoms with E-state index in [1.54, 1.807) is 6.07 Å². The third kappa shape index (κ3) is 5.24. The number of rotatable bonds is 7. The topological polar surface area (TPSA) is 110 Å². The summed E-state index contributed by atoms with van der Waals surface area (Å²) in [5.41, 5.74) is 1.87. The van der Waals surface area contributed by atoms with Gasteiger partial charge >= 0.3 is 0 Å². The first-order chi connectivity index (χ1) is 14.5. The molecule has 2 N–H and O–H groups in total. The second-order valence-corrected chi connectivity index (χ2v) is 8.49. The summed E-state index contributed by atoms with van der Waals surface area (Å²) in [6, 6.07) is 13.3. The largest absolute Gasteiger partial charge is 0.309 e. The Labute approximate surface area is 178 Å². The van der Waals surface area contributed by atoms with Crippen LogP contribution in [0.2, 0.25) is 0 Å². The molecule has 0 radical (unpaired) electrons. The molecule has 154 valence electrons. The van der Waals surface area contributed by atoms with Crippen LogP contribution in [0.15, 0.2) is 42.5 Å². The fraction of sp³-hybridized carbons (Fsp3) is 0.333. The molecule has 1 aromatic carbocycles. The molecule has 30 heavy (non-hydrogen) atoms. The van der Waals surface area contributed by atoms with Crippen LogP contribution in [0, 0.1) is 5.92 Å². The molecule has 0 bridgehead atoms. The molecule has 2 aromatic heterocycles. The van der Waals surface area contributed by atoms with Crippen LogP contribution in [0.25, 0.3) is 0 Å². The maximum absolute atomic E-state index is 12.1. The number of carbonyl (C=O) groups excluding carboxylic acids is 2. The zero-order valence-corrected chi connectivity index (χ0v) is 17.4. The van der Waals surface area contributed by atoms with Gasteiger partial charge in [0.2, 0.25) is 16.9 Å². The van der Waals surface area contributed by atoms with Gasteiger partial charge in [0, 0.05) is 12.8 Å². The second-order valence-electron chi connectivity index (χ2n) is 7.49. The number of amides is 2. The van der Waals surface area contributed by atoms with Crippen LogP contribution >= 0.6 is 11.3 Å². The molecule has 4 rings (SSSR count). The summed E-state index contributed by atoms with van der Waals surface area (Å²) >= 11 is 1.44. The molecule has 2 amide bonds. The van der Waals surface area contributed by atoms with Crippen LogP contribution in [0.3, 0.4) is 0 Å². The number of anilines is 2. The van der Waals surface area contributed by atoms with E-state index >= 15 is 0 Å². The number of nitrogens with one attached hydrogen (secondary N) is 2. The number of hydrogen-bond donors (Lipinski definition) is 2. The maximum atomic E-state index is 12.1. The fourth-order valence-electron chi connectivity index (χ4n) is 3.50. The van der Waals surface area contributed by atoms with E-state index in [1.807, 2.05) is 36.4 Å². The predicted octanol–water partition coefficient (Wildman–Crippen LogP) is 3.20. The monoisotopic (exact) mass is 422 g/mol. The average Bonchev–Trinajstić information content (AvgIpc) is 3.13. The highest BCUT2D eigenvalue weighted by atomic mass is 32.1. The molecule has 1 saturated carbocycles. The lowest BCUT2D eigenvalue weighted by Gasteiger charge is -2.33. The molecular weight excluding hydrogens is 400 g/mol. The van der Waals surface area contributed by atoms with E-state index < -0.39 is 0 Å². The van der Waals surface area contributed by atoms with Crippen LogP contribution in [0.1, 0.15) is 41.9 Å². The smallest absolute Gasteiger partial charge is 0.229 e. The van der Waals surface area contributed by atoms with E-state index in [2.05, 4.69) is 31.0 Å². The minimum atomic E-state index is -0.137. The summed E-state index contributed by atoms with van der Waals surface area (Å²) in [5.74, 6) is 1.13. The lowest BCUT2D eigenvalue weighted by molar-refractivity contribution is -0.116. The SMILES string of the molecule is CC(=O)Nc1nnc([C@H]2C[C@@H](Cc3ccc(NC(=O)Cc4ccccc4)nn3)C2)s1. The Kier molecular flexibility index (Phi) is 6.08. The molecule has 0 unspecified atom stereocenters. The van der Waals surface area contributed by atoms with E-state index in [0.29, 0.717) is 29.2 Å². The van der Waals surface area contributed by atoms with Gasteiger partial charge in [-0.25, -0.2) is 0 Å². The molecular formula is C21H22N6O2S. The van der Waals surface area contributed by atoms with Crippen molar-refractivity contribution >= 4 is 34.1 Å². The van der Waals surface area contributed by atoms with Crippen LogP contribution in [0.4, 0.5) is 10.9 Å². The van der Waals surface area contributed by atoms with Crippen molar-refractivity contribution in [3.8, 4) is 0 Å². The second kappa shape index (κ2) is 9.08. The van der Waals surface area contributed by atoms with Gasteiger partial charge in [-0.2, -0.15) is 5.10 Å². The number of benzene rings is 1. The number of aromatic nitrogens is 4. The van der Waals surface area contributed by atoms with Crippen molar-refractivity contribution in [2.24, 2.45) is 5.92 Å². The van der Waals surface area contributed by atoms with Gasteiger partial charge in [0.05, 0.1) is 12.1 Å². The Hall–Kier alpha value is -3.20. The van der Waals surface area contributed by atoms with Crippen LogP contribution in [-0.4, -0.2) is 32.2 Å². The molecule has 2 heterocycles. The first-order valence-electron chi connectivity index (χ1n) is 9.82. The van der Waals surface area contributed by atoms with Crippen molar-refractivity contribution in [1.29, 1.82) is 0 Å².